The van der Waals surface area contributed by atoms with Gasteiger partial charge < -0.3 is 15.6 Å². The third-order valence-corrected chi connectivity index (χ3v) is 2.60. The second-order valence-electron chi connectivity index (χ2n) is 4.17. The third kappa shape index (κ3) is 3.46. The molecule has 0 bridgehead atoms. The molecule has 2 aromatic rings. The van der Waals surface area contributed by atoms with Crippen LogP contribution in [0.25, 0.3) is 0 Å². The number of hydrogen-bond donors (Lipinski definition) is 2. The lowest BCUT2D eigenvalue weighted by molar-refractivity contribution is 0.0947. The summed E-state index contributed by atoms with van der Waals surface area (Å²) in [6.07, 6.45) is 0. The van der Waals surface area contributed by atoms with Crippen molar-refractivity contribution in [3.63, 3.8) is 0 Å². The molecule has 0 radical (unpaired) electrons. The van der Waals surface area contributed by atoms with E-state index in [1.165, 1.54) is 0 Å². The first-order valence-electron chi connectivity index (χ1n) is 6.19. The highest BCUT2D eigenvalue weighted by Crippen LogP contribution is 2.08. The van der Waals surface area contributed by atoms with Crippen LogP contribution >= 0.6 is 0 Å². The quantitative estimate of drug-likeness (QED) is 0.821. The molecule has 0 unspecified atom stereocenters. The monoisotopic (exact) mass is 269 g/mol. The molecular formula is C15H15N3O2. The number of carbonyl (C=O) groups is 1. The summed E-state index contributed by atoms with van der Waals surface area (Å²) in [6.45, 7) is 2.37. The molecular weight excluding hydrogens is 254 g/mol. The van der Waals surface area contributed by atoms with Crippen LogP contribution < -0.4 is 11.1 Å². The zero-order valence-corrected chi connectivity index (χ0v) is 11.1. The van der Waals surface area contributed by atoms with Gasteiger partial charge in [-0.2, -0.15) is 0 Å². The predicted molar refractivity (Wildman–Crippen MR) is 74.8 cm³/mol. The minimum atomic E-state index is -0.207. The van der Waals surface area contributed by atoms with Crippen LogP contribution in [0.4, 0.5) is 0 Å². The molecule has 3 N–H and O–H groups in total. The van der Waals surface area contributed by atoms with Crippen molar-refractivity contribution in [3.05, 3.63) is 52.9 Å². The van der Waals surface area contributed by atoms with Crippen LogP contribution in [0.15, 0.2) is 34.9 Å². The highest BCUT2D eigenvalue weighted by Gasteiger charge is 2.10. The van der Waals surface area contributed by atoms with Crippen LogP contribution in [0.5, 0.6) is 0 Å². The van der Waals surface area contributed by atoms with Gasteiger partial charge in [0, 0.05) is 11.6 Å². The third-order valence-electron chi connectivity index (χ3n) is 2.60. The molecule has 0 saturated heterocycles. The molecule has 20 heavy (non-hydrogen) atoms. The lowest BCUT2D eigenvalue weighted by Crippen LogP contribution is -2.23. The van der Waals surface area contributed by atoms with E-state index in [-0.39, 0.29) is 12.5 Å². The molecule has 0 saturated carbocycles. The summed E-state index contributed by atoms with van der Waals surface area (Å²) < 4.78 is 5.04. The second-order valence-corrected chi connectivity index (χ2v) is 4.17. The Kier molecular flexibility index (Phi) is 4.53. The first kappa shape index (κ1) is 13.8. The number of nitrogens with one attached hydrogen (secondary N) is 1. The molecule has 0 aliphatic carbocycles. The Morgan fingerprint density at radius 1 is 1.45 bits per heavy atom. The first-order valence-corrected chi connectivity index (χ1v) is 6.19. The van der Waals surface area contributed by atoms with Crippen LogP contribution in [0.3, 0.4) is 0 Å². The smallest absolute Gasteiger partial charge is 0.252 e. The maximum absolute atomic E-state index is 12.1. The fraction of sp³-hybridized carbons (Fsp3) is 0.200. The minimum Gasteiger partial charge on any atom is -0.359 e. The van der Waals surface area contributed by atoms with Crippen molar-refractivity contribution in [1.82, 2.24) is 10.5 Å². The van der Waals surface area contributed by atoms with Gasteiger partial charge in [-0.1, -0.05) is 29.1 Å². The minimum absolute atomic E-state index is 0.207. The van der Waals surface area contributed by atoms with Crippen molar-refractivity contribution in [3.8, 4) is 11.8 Å². The number of rotatable bonds is 3. The van der Waals surface area contributed by atoms with Crippen molar-refractivity contribution < 1.29 is 9.32 Å². The predicted octanol–water partition coefficient (Wildman–Crippen LogP) is 1.22. The fourth-order valence-corrected chi connectivity index (χ4v) is 1.70. The van der Waals surface area contributed by atoms with Crippen LogP contribution in [-0.2, 0) is 6.54 Å². The van der Waals surface area contributed by atoms with E-state index in [2.05, 4.69) is 22.3 Å². The van der Waals surface area contributed by atoms with Crippen molar-refractivity contribution in [2.24, 2.45) is 5.73 Å². The molecule has 1 amide bonds. The molecule has 1 aromatic heterocycles. The van der Waals surface area contributed by atoms with Crippen LogP contribution in [-0.4, -0.2) is 17.6 Å². The van der Waals surface area contributed by atoms with Gasteiger partial charge in [-0.3, -0.25) is 4.79 Å². The van der Waals surface area contributed by atoms with E-state index in [9.17, 15) is 4.79 Å². The van der Waals surface area contributed by atoms with Gasteiger partial charge in [-0.05, 0) is 19.1 Å². The summed E-state index contributed by atoms with van der Waals surface area (Å²) in [6, 6.07) is 8.91. The van der Waals surface area contributed by atoms with Crippen molar-refractivity contribution in [2.75, 3.05) is 6.54 Å². The SMILES string of the molecule is Cc1cc(CNC(=O)c2ccccc2C#CCN)on1. The average molecular weight is 269 g/mol. The second kappa shape index (κ2) is 6.55. The Hall–Kier alpha value is -2.58. The standard InChI is InChI=1S/C15H15N3O2/c1-11-9-13(20-18-11)10-17-15(19)14-7-3-2-5-12(14)6-4-8-16/h2-3,5,7,9H,8,10,16H2,1H3,(H,17,19). The van der Waals surface area contributed by atoms with E-state index in [1.807, 2.05) is 13.0 Å². The molecule has 102 valence electrons. The van der Waals surface area contributed by atoms with Gasteiger partial charge in [0.2, 0.25) is 0 Å². The van der Waals surface area contributed by atoms with Gasteiger partial charge in [0.25, 0.3) is 5.91 Å². The zero-order valence-electron chi connectivity index (χ0n) is 11.1. The van der Waals surface area contributed by atoms with E-state index >= 15 is 0 Å². The number of benzene rings is 1. The average Bonchev–Trinajstić information content (AvgIpc) is 2.88. The number of hydrogen-bond acceptors (Lipinski definition) is 4. The molecule has 0 aliphatic heterocycles. The van der Waals surface area contributed by atoms with Crippen molar-refractivity contribution in [2.45, 2.75) is 13.5 Å². The number of nitrogens with zero attached hydrogens (tertiary/aromatic N) is 1. The van der Waals surface area contributed by atoms with Crippen LogP contribution in [0.1, 0.15) is 27.4 Å². The van der Waals surface area contributed by atoms with Crippen molar-refractivity contribution >= 4 is 5.91 Å². The van der Waals surface area contributed by atoms with Gasteiger partial charge in [-0.15, -0.1) is 0 Å². The summed E-state index contributed by atoms with van der Waals surface area (Å²) in [4.78, 5) is 12.1. The Morgan fingerprint density at radius 2 is 2.25 bits per heavy atom. The molecule has 0 aliphatic rings. The lowest BCUT2D eigenvalue weighted by Gasteiger charge is -2.05. The van der Waals surface area contributed by atoms with Crippen LogP contribution in [0.2, 0.25) is 0 Å². The molecule has 2 rings (SSSR count). The number of nitrogens with two attached hydrogens (primary N) is 1. The molecule has 1 aromatic carbocycles. The molecule has 0 spiro atoms. The molecule has 0 fully saturated rings. The van der Waals surface area contributed by atoms with E-state index in [1.54, 1.807) is 24.3 Å². The molecule has 5 nitrogen and oxygen atoms in total. The summed E-state index contributed by atoms with van der Waals surface area (Å²) in [5.41, 5.74) is 7.30. The Morgan fingerprint density at radius 3 is 2.95 bits per heavy atom. The van der Waals surface area contributed by atoms with Gasteiger partial charge >= 0.3 is 0 Å². The maximum atomic E-state index is 12.1. The van der Waals surface area contributed by atoms with Gasteiger partial charge in [0.05, 0.1) is 24.3 Å². The molecule has 5 heteroatoms. The highest BCUT2D eigenvalue weighted by atomic mass is 16.5. The molecule has 0 atom stereocenters. The van der Waals surface area contributed by atoms with Gasteiger partial charge in [-0.25, -0.2) is 0 Å². The van der Waals surface area contributed by atoms with Crippen LogP contribution in [0, 0.1) is 18.8 Å². The zero-order chi connectivity index (χ0) is 14.4. The Balaban J connectivity index is 2.09. The van der Waals surface area contributed by atoms with Gasteiger partial charge in [0.1, 0.15) is 0 Å². The van der Waals surface area contributed by atoms with Crippen molar-refractivity contribution in [1.29, 1.82) is 0 Å². The summed E-state index contributed by atoms with van der Waals surface area (Å²) in [7, 11) is 0. The summed E-state index contributed by atoms with van der Waals surface area (Å²) in [5.74, 6) is 6.04. The summed E-state index contributed by atoms with van der Waals surface area (Å²) in [5, 5.41) is 6.54. The van der Waals surface area contributed by atoms with E-state index in [0.717, 1.165) is 5.69 Å². The highest BCUT2D eigenvalue weighted by molar-refractivity contribution is 5.96. The number of aryl methyl sites for hydroxylation is 1. The Bertz CT molecular complexity index is 665. The van der Waals surface area contributed by atoms with E-state index in [4.69, 9.17) is 10.3 Å². The topological polar surface area (TPSA) is 81.2 Å². The van der Waals surface area contributed by atoms with E-state index in [0.29, 0.717) is 23.4 Å². The fourth-order valence-electron chi connectivity index (χ4n) is 1.70. The Labute approximate surface area is 117 Å². The van der Waals surface area contributed by atoms with E-state index < -0.39 is 0 Å². The largest absolute Gasteiger partial charge is 0.359 e. The number of carbonyl (C=O) groups excluding carboxylic acids is 1. The summed E-state index contributed by atoms with van der Waals surface area (Å²) >= 11 is 0. The maximum Gasteiger partial charge on any atom is 0.252 e. The number of amides is 1. The first-order chi connectivity index (χ1) is 9.70. The normalized spacial score (nSPS) is 9.70. The number of aromatic nitrogens is 1. The molecule has 1 heterocycles. The van der Waals surface area contributed by atoms with Gasteiger partial charge in [0.15, 0.2) is 5.76 Å². The lowest BCUT2D eigenvalue weighted by atomic mass is 10.1.